The summed E-state index contributed by atoms with van der Waals surface area (Å²) in [6, 6.07) is 12.8. The number of halogens is 1. The molecule has 1 atom stereocenters. The molecule has 21 heavy (non-hydrogen) atoms. The zero-order valence-corrected chi connectivity index (χ0v) is 12.5. The molecule has 0 amide bonds. The van der Waals surface area contributed by atoms with E-state index in [9.17, 15) is 4.39 Å². The molecule has 0 spiro atoms. The molecular formula is C16H16FN3S. The van der Waals surface area contributed by atoms with Crippen LogP contribution in [0, 0.1) is 12.7 Å². The van der Waals surface area contributed by atoms with Gasteiger partial charge in [0, 0.05) is 12.1 Å². The Bertz CT molecular complexity index is 769. The van der Waals surface area contributed by atoms with E-state index in [1.165, 1.54) is 23.4 Å². The van der Waals surface area contributed by atoms with Crippen molar-refractivity contribution in [2.75, 3.05) is 6.54 Å². The first-order valence-corrected chi connectivity index (χ1v) is 7.63. The zero-order chi connectivity index (χ0) is 14.8. The lowest BCUT2D eigenvalue weighted by atomic mass is 10.1. The van der Waals surface area contributed by atoms with Crippen molar-refractivity contribution in [3.8, 4) is 0 Å². The van der Waals surface area contributed by atoms with Crippen LogP contribution in [0.25, 0.3) is 11.0 Å². The second kappa shape index (κ2) is 5.87. The molecule has 3 N–H and O–H groups in total. The van der Waals surface area contributed by atoms with Gasteiger partial charge in [0.2, 0.25) is 0 Å². The highest BCUT2D eigenvalue weighted by molar-refractivity contribution is 7.99. The maximum atomic E-state index is 13.9. The van der Waals surface area contributed by atoms with Crippen LogP contribution in [0.1, 0.15) is 16.4 Å². The van der Waals surface area contributed by atoms with Crippen molar-refractivity contribution >= 4 is 22.8 Å². The summed E-state index contributed by atoms with van der Waals surface area (Å²) in [7, 11) is 0. The van der Waals surface area contributed by atoms with Crippen LogP contribution in [0.5, 0.6) is 0 Å². The van der Waals surface area contributed by atoms with Gasteiger partial charge >= 0.3 is 0 Å². The van der Waals surface area contributed by atoms with Crippen molar-refractivity contribution in [3.05, 3.63) is 59.4 Å². The van der Waals surface area contributed by atoms with Gasteiger partial charge in [-0.05, 0) is 30.7 Å². The van der Waals surface area contributed by atoms with Crippen molar-refractivity contribution in [1.82, 2.24) is 9.97 Å². The number of aryl methyl sites for hydroxylation is 1. The number of benzene rings is 2. The van der Waals surface area contributed by atoms with E-state index in [1.807, 2.05) is 31.2 Å². The van der Waals surface area contributed by atoms with Crippen molar-refractivity contribution in [1.29, 1.82) is 0 Å². The van der Waals surface area contributed by atoms with E-state index >= 15 is 0 Å². The predicted molar refractivity (Wildman–Crippen MR) is 84.9 cm³/mol. The Hall–Kier alpha value is -1.85. The van der Waals surface area contributed by atoms with E-state index in [0.717, 1.165) is 16.2 Å². The summed E-state index contributed by atoms with van der Waals surface area (Å²) >= 11 is 1.46. The van der Waals surface area contributed by atoms with Gasteiger partial charge in [-0.2, -0.15) is 0 Å². The maximum absolute atomic E-state index is 13.9. The van der Waals surface area contributed by atoms with Crippen LogP contribution in [0.3, 0.4) is 0 Å². The van der Waals surface area contributed by atoms with Crippen LogP contribution in [0.4, 0.5) is 4.39 Å². The van der Waals surface area contributed by atoms with Crippen molar-refractivity contribution in [2.45, 2.75) is 17.3 Å². The number of fused-ring (bicyclic) bond motifs is 1. The Labute approximate surface area is 126 Å². The first-order valence-electron chi connectivity index (χ1n) is 6.75. The minimum absolute atomic E-state index is 0.159. The number of H-pyrrole nitrogens is 1. The molecule has 108 valence electrons. The smallest absolute Gasteiger partial charge is 0.167 e. The second-order valence-electron chi connectivity index (χ2n) is 4.93. The molecule has 0 aliphatic rings. The standard InChI is InChI=1S/C16H16FN3S/c1-10-6-7-13-14(8-10)20-16(19-13)21-15(9-18)11-4-2-3-5-12(11)17/h2-8,15H,9,18H2,1H3,(H,19,20). The van der Waals surface area contributed by atoms with Crippen LogP contribution >= 0.6 is 11.8 Å². The Morgan fingerprint density at radius 2 is 2.10 bits per heavy atom. The molecule has 0 radical (unpaired) electrons. The summed E-state index contributed by atoms with van der Waals surface area (Å²) in [6.45, 7) is 2.39. The molecule has 3 nitrogen and oxygen atoms in total. The Morgan fingerprint density at radius 3 is 2.86 bits per heavy atom. The Morgan fingerprint density at radius 1 is 1.29 bits per heavy atom. The van der Waals surface area contributed by atoms with Gasteiger partial charge in [0.05, 0.1) is 16.3 Å². The minimum atomic E-state index is -0.229. The molecule has 0 bridgehead atoms. The lowest BCUT2D eigenvalue weighted by Crippen LogP contribution is -2.11. The molecule has 1 aromatic heterocycles. The quantitative estimate of drug-likeness (QED) is 0.721. The molecule has 3 aromatic rings. The van der Waals surface area contributed by atoms with Gasteiger partial charge in [-0.15, -0.1) is 0 Å². The van der Waals surface area contributed by atoms with Gasteiger partial charge in [0.15, 0.2) is 5.16 Å². The number of thioether (sulfide) groups is 1. The first kappa shape index (κ1) is 14.1. The highest BCUT2D eigenvalue weighted by Crippen LogP contribution is 2.34. The largest absolute Gasteiger partial charge is 0.333 e. The molecule has 0 aliphatic carbocycles. The van der Waals surface area contributed by atoms with E-state index in [0.29, 0.717) is 12.1 Å². The summed E-state index contributed by atoms with van der Waals surface area (Å²) in [5.74, 6) is -0.229. The molecule has 5 heteroatoms. The van der Waals surface area contributed by atoms with Gasteiger partial charge < -0.3 is 10.7 Å². The topological polar surface area (TPSA) is 54.7 Å². The Kier molecular flexibility index (Phi) is 3.94. The third-order valence-electron chi connectivity index (χ3n) is 3.34. The molecule has 1 unspecified atom stereocenters. The number of imidazole rings is 1. The van der Waals surface area contributed by atoms with Crippen LogP contribution in [0.15, 0.2) is 47.6 Å². The maximum Gasteiger partial charge on any atom is 0.167 e. The highest BCUT2D eigenvalue weighted by atomic mass is 32.2. The number of aromatic amines is 1. The molecule has 2 aromatic carbocycles. The molecule has 0 fully saturated rings. The van der Waals surface area contributed by atoms with E-state index in [2.05, 4.69) is 9.97 Å². The van der Waals surface area contributed by atoms with Gasteiger partial charge in [-0.25, -0.2) is 9.37 Å². The SMILES string of the molecule is Cc1ccc2nc(SC(CN)c3ccccc3F)[nH]c2c1. The average Bonchev–Trinajstić information content (AvgIpc) is 2.87. The summed E-state index contributed by atoms with van der Waals surface area (Å²) in [5.41, 5.74) is 9.49. The third-order valence-corrected chi connectivity index (χ3v) is 4.48. The Balaban J connectivity index is 1.90. The van der Waals surface area contributed by atoms with Gasteiger partial charge in [-0.3, -0.25) is 0 Å². The number of nitrogens with one attached hydrogen (secondary N) is 1. The molecule has 1 heterocycles. The predicted octanol–water partition coefficient (Wildman–Crippen LogP) is 3.80. The lowest BCUT2D eigenvalue weighted by molar-refractivity contribution is 0.608. The van der Waals surface area contributed by atoms with Crippen molar-refractivity contribution in [2.24, 2.45) is 5.73 Å². The zero-order valence-electron chi connectivity index (χ0n) is 11.6. The first-order chi connectivity index (χ1) is 10.2. The number of nitrogens with two attached hydrogens (primary N) is 1. The van der Waals surface area contributed by atoms with E-state index < -0.39 is 0 Å². The number of nitrogens with zero attached hydrogens (tertiary/aromatic N) is 1. The fourth-order valence-electron chi connectivity index (χ4n) is 2.27. The monoisotopic (exact) mass is 301 g/mol. The fourth-order valence-corrected chi connectivity index (χ4v) is 3.27. The number of aromatic nitrogens is 2. The number of rotatable bonds is 4. The van der Waals surface area contributed by atoms with E-state index in [-0.39, 0.29) is 11.1 Å². The van der Waals surface area contributed by atoms with Crippen LogP contribution in [-0.2, 0) is 0 Å². The molecule has 0 saturated carbocycles. The van der Waals surface area contributed by atoms with Crippen LogP contribution in [0.2, 0.25) is 0 Å². The summed E-state index contributed by atoms with van der Waals surface area (Å²) in [5, 5.41) is 0.599. The molecule has 0 aliphatic heterocycles. The second-order valence-corrected chi connectivity index (χ2v) is 6.12. The summed E-state index contributed by atoms with van der Waals surface area (Å²) in [4.78, 5) is 7.79. The number of hydrogen-bond acceptors (Lipinski definition) is 3. The third kappa shape index (κ3) is 2.94. The summed E-state index contributed by atoms with van der Waals surface area (Å²) in [6.07, 6.45) is 0. The molecular weight excluding hydrogens is 285 g/mol. The molecule has 3 rings (SSSR count). The van der Waals surface area contributed by atoms with Gasteiger partial charge in [0.1, 0.15) is 5.82 Å². The van der Waals surface area contributed by atoms with Gasteiger partial charge in [-0.1, -0.05) is 36.0 Å². The fraction of sp³-hybridized carbons (Fsp3) is 0.188. The molecule has 0 saturated heterocycles. The average molecular weight is 301 g/mol. The minimum Gasteiger partial charge on any atom is -0.333 e. The van der Waals surface area contributed by atoms with E-state index in [1.54, 1.807) is 12.1 Å². The van der Waals surface area contributed by atoms with Gasteiger partial charge in [0.25, 0.3) is 0 Å². The van der Waals surface area contributed by atoms with Crippen molar-refractivity contribution in [3.63, 3.8) is 0 Å². The van der Waals surface area contributed by atoms with Crippen LogP contribution in [-0.4, -0.2) is 16.5 Å². The number of hydrogen-bond donors (Lipinski definition) is 2. The summed E-state index contributed by atoms with van der Waals surface area (Å²) < 4.78 is 13.9. The normalized spacial score (nSPS) is 12.7. The lowest BCUT2D eigenvalue weighted by Gasteiger charge is -2.13. The van der Waals surface area contributed by atoms with E-state index in [4.69, 9.17) is 5.73 Å². The highest BCUT2D eigenvalue weighted by Gasteiger charge is 2.17. The van der Waals surface area contributed by atoms with Crippen molar-refractivity contribution < 1.29 is 4.39 Å². The van der Waals surface area contributed by atoms with Crippen LogP contribution < -0.4 is 5.73 Å².